The second kappa shape index (κ2) is 6.68. The minimum Gasteiger partial charge on any atom is -0.339 e. The number of hydrogen-bond acceptors (Lipinski definition) is 4. The van der Waals surface area contributed by atoms with E-state index in [2.05, 4.69) is 36.1 Å². The predicted octanol–water partition coefficient (Wildman–Crippen LogP) is -0.310. The molecule has 2 fully saturated rings. The number of hydrogen-bond donors (Lipinski definition) is 1. The van der Waals surface area contributed by atoms with Crippen LogP contribution in [0.1, 0.15) is 13.3 Å². The maximum absolute atomic E-state index is 12.2. The summed E-state index contributed by atoms with van der Waals surface area (Å²) in [7, 11) is 4.28. The van der Waals surface area contributed by atoms with Crippen LogP contribution in [0.5, 0.6) is 0 Å². The highest BCUT2D eigenvalue weighted by atomic mass is 16.2. The molecular formula is C14H28N4O. The highest BCUT2D eigenvalue weighted by molar-refractivity contribution is 5.78. The van der Waals surface area contributed by atoms with Crippen LogP contribution in [0, 0.1) is 5.92 Å². The van der Waals surface area contributed by atoms with Crippen LogP contribution in [0.3, 0.4) is 0 Å². The Bertz CT molecular complexity index is 302. The standard InChI is InChI=1S/C14H28N4O/c1-12-11-17(3)5-4-13(12)15-10-14(19)18-8-6-16(2)7-9-18/h12-13,15H,4-11H2,1-3H3. The van der Waals surface area contributed by atoms with Gasteiger partial charge >= 0.3 is 0 Å². The number of likely N-dealkylation sites (N-methyl/N-ethyl adjacent to an activating group) is 1. The Morgan fingerprint density at radius 3 is 2.42 bits per heavy atom. The lowest BCUT2D eigenvalue weighted by Crippen LogP contribution is -2.53. The summed E-state index contributed by atoms with van der Waals surface area (Å²) in [6, 6.07) is 0.493. The normalized spacial score (nSPS) is 30.6. The van der Waals surface area contributed by atoms with Crippen LogP contribution in [-0.2, 0) is 4.79 Å². The number of likely N-dealkylation sites (tertiary alicyclic amines) is 1. The zero-order valence-electron chi connectivity index (χ0n) is 12.6. The van der Waals surface area contributed by atoms with Crippen LogP contribution in [0.25, 0.3) is 0 Å². The van der Waals surface area contributed by atoms with Gasteiger partial charge in [0.15, 0.2) is 0 Å². The predicted molar refractivity (Wildman–Crippen MR) is 77.1 cm³/mol. The molecule has 0 aliphatic carbocycles. The second-order valence-corrected chi connectivity index (χ2v) is 6.20. The van der Waals surface area contributed by atoms with Gasteiger partial charge in [0.2, 0.25) is 5.91 Å². The molecule has 2 rings (SSSR count). The van der Waals surface area contributed by atoms with E-state index < -0.39 is 0 Å². The summed E-state index contributed by atoms with van der Waals surface area (Å²) in [6.07, 6.45) is 1.15. The van der Waals surface area contributed by atoms with E-state index in [1.807, 2.05) is 4.90 Å². The minimum absolute atomic E-state index is 0.263. The van der Waals surface area contributed by atoms with Crippen molar-refractivity contribution in [2.24, 2.45) is 5.92 Å². The Morgan fingerprint density at radius 2 is 1.79 bits per heavy atom. The van der Waals surface area contributed by atoms with E-state index in [9.17, 15) is 4.79 Å². The molecule has 2 atom stereocenters. The van der Waals surface area contributed by atoms with Crippen LogP contribution >= 0.6 is 0 Å². The summed E-state index contributed by atoms with van der Waals surface area (Å²) in [6.45, 7) is 8.77. The highest BCUT2D eigenvalue weighted by Crippen LogP contribution is 2.15. The number of piperidine rings is 1. The van der Waals surface area contributed by atoms with E-state index in [-0.39, 0.29) is 5.91 Å². The average molecular weight is 268 g/mol. The van der Waals surface area contributed by atoms with Crippen molar-refractivity contribution < 1.29 is 4.79 Å². The number of nitrogens with one attached hydrogen (secondary N) is 1. The van der Waals surface area contributed by atoms with Crippen molar-refractivity contribution >= 4 is 5.91 Å². The molecule has 2 aliphatic heterocycles. The maximum atomic E-state index is 12.2. The largest absolute Gasteiger partial charge is 0.339 e. The number of carbonyl (C=O) groups excluding carboxylic acids is 1. The smallest absolute Gasteiger partial charge is 0.236 e. The van der Waals surface area contributed by atoms with Gasteiger partial charge in [-0.3, -0.25) is 4.79 Å². The molecule has 5 heteroatoms. The lowest BCUT2D eigenvalue weighted by molar-refractivity contribution is -0.132. The van der Waals surface area contributed by atoms with Crippen LogP contribution in [0.2, 0.25) is 0 Å². The van der Waals surface area contributed by atoms with Crippen molar-refractivity contribution in [2.75, 3.05) is 59.9 Å². The van der Waals surface area contributed by atoms with Gasteiger partial charge < -0.3 is 20.0 Å². The quantitative estimate of drug-likeness (QED) is 0.762. The first-order valence-corrected chi connectivity index (χ1v) is 7.44. The van der Waals surface area contributed by atoms with E-state index in [1.165, 1.54) is 0 Å². The Morgan fingerprint density at radius 1 is 1.11 bits per heavy atom. The molecule has 0 aromatic carbocycles. The van der Waals surface area contributed by atoms with Crippen molar-refractivity contribution in [1.29, 1.82) is 0 Å². The number of nitrogens with zero attached hydrogens (tertiary/aromatic N) is 3. The summed E-state index contributed by atoms with van der Waals surface area (Å²) in [5.41, 5.74) is 0. The van der Waals surface area contributed by atoms with Crippen molar-refractivity contribution in [3.63, 3.8) is 0 Å². The molecule has 19 heavy (non-hydrogen) atoms. The Hall–Kier alpha value is -0.650. The van der Waals surface area contributed by atoms with E-state index in [1.54, 1.807) is 0 Å². The summed E-state index contributed by atoms with van der Waals surface area (Å²) < 4.78 is 0. The average Bonchev–Trinajstić information content (AvgIpc) is 2.38. The van der Waals surface area contributed by atoms with Gasteiger partial charge in [-0.2, -0.15) is 0 Å². The van der Waals surface area contributed by atoms with Crippen molar-refractivity contribution in [1.82, 2.24) is 20.0 Å². The summed E-state index contributed by atoms with van der Waals surface area (Å²) in [4.78, 5) is 18.8. The SMILES string of the molecule is CC1CN(C)CCC1NCC(=O)N1CCN(C)CC1. The molecule has 1 N–H and O–H groups in total. The van der Waals surface area contributed by atoms with Crippen molar-refractivity contribution in [3.8, 4) is 0 Å². The van der Waals surface area contributed by atoms with Crippen LogP contribution < -0.4 is 5.32 Å². The van der Waals surface area contributed by atoms with Gasteiger partial charge in [0, 0.05) is 38.8 Å². The molecule has 5 nitrogen and oxygen atoms in total. The molecule has 110 valence electrons. The summed E-state index contributed by atoms with van der Waals surface area (Å²) in [5, 5.41) is 3.47. The lowest BCUT2D eigenvalue weighted by Gasteiger charge is -2.36. The number of rotatable bonds is 3. The van der Waals surface area contributed by atoms with Gasteiger partial charge in [0.1, 0.15) is 0 Å². The van der Waals surface area contributed by atoms with Crippen molar-refractivity contribution in [3.05, 3.63) is 0 Å². The zero-order valence-corrected chi connectivity index (χ0v) is 12.6. The van der Waals surface area contributed by atoms with E-state index in [0.717, 1.165) is 45.7 Å². The molecule has 2 unspecified atom stereocenters. The molecule has 0 spiro atoms. The highest BCUT2D eigenvalue weighted by Gasteiger charge is 2.25. The fourth-order valence-corrected chi connectivity index (χ4v) is 3.04. The molecular weight excluding hydrogens is 240 g/mol. The molecule has 0 radical (unpaired) electrons. The second-order valence-electron chi connectivity index (χ2n) is 6.20. The maximum Gasteiger partial charge on any atom is 0.236 e. The molecule has 2 aliphatic rings. The van der Waals surface area contributed by atoms with Gasteiger partial charge in [-0.1, -0.05) is 6.92 Å². The monoisotopic (exact) mass is 268 g/mol. The van der Waals surface area contributed by atoms with Crippen molar-refractivity contribution in [2.45, 2.75) is 19.4 Å². The molecule has 0 saturated carbocycles. The van der Waals surface area contributed by atoms with E-state index in [0.29, 0.717) is 18.5 Å². The number of carbonyl (C=O) groups is 1. The van der Waals surface area contributed by atoms with Crippen LogP contribution in [0.15, 0.2) is 0 Å². The Balaban J connectivity index is 1.71. The fraction of sp³-hybridized carbons (Fsp3) is 0.929. The van der Waals surface area contributed by atoms with Gasteiger partial charge in [-0.15, -0.1) is 0 Å². The first-order valence-electron chi connectivity index (χ1n) is 7.44. The third-order valence-electron chi connectivity index (χ3n) is 4.48. The molecule has 1 amide bonds. The molecule has 0 aromatic rings. The number of amides is 1. The first kappa shape index (κ1) is 14.8. The van der Waals surface area contributed by atoms with Crippen LogP contribution in [0.4, 0.5) is 0 Å². The van der Waals surface area contributed by atoms with Crippen LogP contribution in [-0.4, -0.2) is 86.6 Å². The van der Waals surface area contributed by atoms with Gasteiger partial charge in [-0.25, -0.2) is 0 Å². The number of piperazine rings is 1. The molecule has 0 aromatic heterocycles. The first-order chi connectivity index (χ1) is 9.06. The topological polar surface area (TPSA) is 38.8 Å². The Labute approximate surface area is 116 Å². The third kappa shape index (κ3) is 4.16. The van der Waals surface area contributed by atoms with Gasteiger partial charge in [0.25, 0.3) is 0 Å². The lowest BCUT2D eigenvalue weighted by atomic mass is 9.94. The van der Waals surface area contributed by atoms with E-state index >= 15 is 0 Å². The molecule has 2 saturated heterocycles. The van der Waals surface area contributed by atoms with Gasteiger partial charge in [0.05, 0.1) is 6.54 Å². The molecule has 0 bridgehead atoms. The molecule has 2 heterocycles. The minimum atomic E-state index is 0.263. The van der Waals surface area contributed by atoms with Gasteiger partial charge in [-0.05, 0) is 33.0 Å². The third-order valence-corrected chi connectivity index (χ3v) is 4.48. The fourth-order valence-electron chi connectivity index (χ4n) is 3.04. The summed E-state index contributed by atoms with van der Waals surface area (Å²) >= 11 is 0. The summed E-state index contributed by atoms with van der Waals surface area (Å²) in [5.74, 6) is 0.887. The Kier molecular flexibility index (Phi) is 5.19. The van der Waals surface area contributed by atoms with E-state index in [4.69, 9.17) is 0 Å². The zero-order chi connectivity index (χ0) is 13.8.